The number of carbonyl (C=O) groups excluding carboxylic acids is 2. The van der Waals surface area contributed by atoms with Crippen LogP contribution in [0, 0.1) is 5.92 Å². The third-order valence-corrected chi connectivity index (χ3v) is 3.80. The van der Waals surface area contributed by atoms with Crippen molar-refractivity contribution in [2.75, 3.05) is 18.6 Å². The van der Waals surface area contributed by atoms with Crippen LogP contribution in [-0.4, -0.2) is 25.5 Å². The maximum Gasteiger partial charge on any atom is 0.316 e. The number of anilines is 1. The van der Waals surface area contributed by atoms with Gasteiger partial charge in [-0.25, -0.2) is 0 Å². The average molecular weight is 311 g/mol. The van der Waals surface area contributed by atoms with Gasteiger partial charge in [0.05, 0.1) is 18.7 Å². The Hall–Kier alpha value is -2.82. The Bertz CT molecular complexity index is 714. The van der Waals surface area contributed by atoms with Crippen molar-refractivity contribution < 1.29 is 19.1 Å². The Morgan fingerprint density at radius 2 is 1.78 bits per heavy atom. The summed E-state index contributed by atoms with van der Waals surface area (Å²) in [5.74, 6) is 0.123. The number of rotatable bonds is 4. The van der Waals surface area contributed by atoms with Crippen molar-refractivity contribution in [3.8, 4) is 11.5 Å². The van der Waals surface area contributed by atoms with Gasteiger partial charge in [0.2, 0.25) is 5.91 Å². The number of hydrogen-bond donors (Lipinski definition) is 0. The molecule has 0 saturated carbocycles. The molecule has 2 aromatic rings. The van der Waals surface area contributed by atoms with Crippen molar-refractivity contribution in [1.82, 2.24) is 0 Å². The molecule has 0 bridgehead atoms. The second-order valence-corrected chi connectivity index (χ2v) is 5.31. The fraction of sp³-hybridized carbons (Fsp3) is 0.222. The van der Waals surface area contributed by atoms with Crippen LogP contribution in [0.25, 0.3) is 0 Å². The Morgan fingerprint density at radius 3 is 2.52 bits per heavy atom. The molecule has 0 unspecified atom stereocenters. The van der Waals surface area contributed by atoms with Gasteiger partial charge in [0.25, 0.3) is 0 Å². The summed E-state index contributed by atoms with van der Waals surface area (Å²) >= 11 is 0. The SMILES string of the molecule is COc1ccccc1N1C[C@H](C(=O)Oc2ccccc2)CC1=O. The average Bonchev–Trinajstić information content (AvgIpc) is 2.97. The van der Waals surface area contributed by atoms with Gasteiger partial charge < -0.3 is 14.4 Å². The van der Waals surface area contributed by atoms with E-state index in [9.17, 15) is 9.59 Å². The first-order valence-corrected chi connectivity index (χ1v) is 7.39. The first kappa shape index (κ1) is 15.1. The largest absolute Gasteiger partial charge is 0.495 e. The highest BCUT2D eigenvalue weighted by molar-refractivity contribution is 6.00. The summed E-state index contributed by atoms with van der Waals surface area (Å²) in [7, 11) is 1.56. The van der Waals surface area contributed by atoms with E-state index in [4.69, 9.17) is 9.47 Å². The molecule has 1 amide bonds. The Balaban J connectivity index is 1.73. The highest BCUT2D eigenvalue weighted by Crippen LogP contribution is 2.33. The highest BCUT2D eigenvalue weighted by atomic mass is 16.5. The second kappa shape index (κ2) is 6.52. The van der Waals surface area contributed by atoms with Crippen LogP contribution in [0.15, 0.2) is 54.6 Å². The Labute approximate surface area is 134 Å². The number of hydrogen-bond acceptors (Lipinski definition) is 4. The molecule has 118 valence electrons. The molecule has 1 heterocycles. The van der Waals surface area contributed by atoms with E-state index in [0.29, 0.717) is 23.7 Å². The molecule has 1 atom stereocenters. The van der Waals surface area contributed by atoms with Gasteiger partial charge in [-0.05, 0) is 24.3 Å². The smallest absolute Gasteiger partial charge is 0.316 e. The molecule has 5 heteroatoms. The number of para-hydroxylation sites is 3. The molecule has 0 N–H and O–H groups in total. The van der Waals surface area contributed by atoms with Crippen LogP contribution in [0.3, 0.4) is 0 Å². The van der Waals surface area contributed by atoms with Gasteiger partial charge in [0.15, 0.2) is 0 Å². The van der Waals surface area contributed by atoms with Crippen LogP contribution in [0.4, 0.5) is 5.69 Å². The maximum atomic E-state index is 12.3. The van der Waals surface area contributed by atoms with Crippen LogP contribution in [0.5, 0.6) is 11.5 Å². The van der Waals surface area contributed by atoms with Gasteiger partial charge >= 0.3 is 5.97 Å². The first-order chi connectivity index (χ1) is 11.2. The van der Waals surface area contributed by atoms with Gasteiger partial charge in [-0.2, -0.15) is 0 Å². The van der Waals surface area contributed by atoms with E-state index in [2.05, 4.69) is 0 Å². The predicted molar refractivity (Wildman–Crippen MR) is 85.5 cm³/mol. The number of benzene rings is 2. The molecule has 5 nitrogen and oxygen atoms in total. The summed E-state index contributed by atoms with van der Waals surface area (Å²) in [6.07, 6.45) is 0.143. The van der Waals surface area contributed by atoms with Crippen molar-refractivity contribution in [3.63, 3.8) is 0 Å². The maximum absolute atomic E-state index is 12.3. The second-order valence-electron chi connectivity index (χ2n) is 5.31. The molecular formula is C18H17NO4. The molecule has 1 aliphatic heterocycles. The molecule has 0 spiro atoms. The van der Waals surface area contributed by atoms with Crippen molar-refractivity contribution >= 4 is 17.6 Å². The Kier molecular flexibility index (Phi) is 4.28. The van der Waals surface area contributed by atoms with E-state index in [-0.39, 0.29) is 18.3 Å². The number of esters is 1. The quantitative estimate of drug-likeness (QED) is 0.643. The molecule has 3 rings (SSSR count). The summed E-state index contributed by atoms with van der Waals surface area (Å²) in [5, 5.41) is 0. The zero-order valence-corrected chi connectivity index (χ0v) is 12.8. The van der Waals surface area contributed by atoms with E-state index in [1.807, 2.05) is 24.3 Å². The normalized spacial score (nSPS) is 17.2. The lowest BCUT2D eigenvalue weighted by Gasteiger charge is -2.19. The Morgan fingerprint density at radius 1 is 1.09 bits per heavy atom. The zero-order chi connectivity index (χ0) is 16.2. The third kappa shape index (κ3) is 3.18. The predicted octanol–water partition coefficient (Wildman–Crippen LogP) is 2.65. The lowest BCUT2D eigenvalue weighted by Crippen LogP contribution is -2.27. The van der Waals surface area contributed by atoms with Crippen LogP contribution in [0.1, 0.15) is 6.42 Å². The van der Waals surface area contributed by atoms with E-state index in [1.54, 1.807) is 42.3 Å². The van der Waals surface area contributed by atoms with Gasteiger partial charge in [-0.1, -0.05) is 30.3 Å². The monoisotopic (exact) mass is 311 g/mol. The fourth-order valence-corrected chi connectivity index (χ4v) is 2.64. The van der Waals surface area contributed by atoms with Gasteiger partial charge in [-0.15, -0.1) is 0 Å². The lowest BCUT2D eigenvalue weighted by atomic mass is 10.1. The minimum Gasteiger partial charge on any atom is -0.495 e. The number of ether oxygens (including phenoxy) is 2. The molecular weight excluding hydrogens is 294 g/mol. The molecule has 1 fully saturated rings. The minimum atomic E-state index is -0.479. The van der Waals surface area contributed by atoms with Crippen molar-refractivity contribution in [3.05, 3.63) is 54.6 Å². The summed E-state index contributed by atoms with van der Waals surface area (Å²) in [5.41, 5.74) is 0.676. The van der Waals surface area contributed by atoms with Crippen molar-refractivity contribution in [1.29, 1.82) is 0 Å². The number of nitrogens with zero attached hydrogens (tertiary/aromatic N) is 1. The van der Waals surface area contributed by atoms with E-state index in [0.717, 1.165) is 0 Å². The number of amides is 1. The standard InChI is InChI=1S/C18H17NO4/c1-22-16-10-6-5-9-15(16)19-12-13(11-17(19)20)18(21)23-14-7-3-2-4-8-14/h2-10,13H,11-12H2,1H3/t13-/m1/s1. The van der Waals surface area contributed by atoms with E-state index >= 15 is 0 Å². The summed E-state index contributed by atoms with van der Waals surface area (Å²) in [4.78, 5) is 26.1. The summed E-state index contributed by atoms with van der Waals surface area (Å²) < 4.78 is 10.6. The van der Waals surface area contributed by atoms with Crippen LogP contribution < -0.4 is 14.4 Å². The first-order valence-electron chi connectivity index (χ1n) is 7.39. The number of carbonyl (C=O) groups is 2. The molecule has 0 radical (unpaired) electrons. The third-order valence-electron chi connectivity index (χ3n) is 3.80. The van der Waals surface area contributed by atoms with Crippen molar-refractivity contribution in [2.45, 2.75) is 6.42 Å². The van der Waals surface area contributed by atoms with Crippen LogP contribution in [0.2, 0.25) is 0 Å². The number of methoxy groups -OCH3 is 1. The molecule has 1 saturated heterocycles. The summed E-state index contributed by atoms with van der Waals surface area (Å²) in [6, 6.07) is 16.1. The van der Waals surface area contributed by atoms with Gasteiger partial charge in [-0.3, -0.25) is 9.59 Å². The van der Waals surface area contributed by atoms with Crippen molar-refractivity contribution in [2.24, 2.45) is 5.92 Å². The lowest BCUT2D eigenvalue weighted by molar-refractivity contribution is -0.139. The van der Waals surface area contributed by atoms with Gasteiger partial charge in [0.1, 0.15) is 11.5 Å². The van der Waals surface area contributed by atoms with E-state index in [1.165, 1.54) is 0 Å². The molecule has 0 aliphatic carbocycles. The minimum absolute atomic E-state index is 0.107. The van der Waals surface area contributed by atoms with Crippen LogP contribution >= 0.6 is 0 Å². The summed E-state index contributed by atoms with van der Waals surface area (Å²) in [6.45, 7) is 0.297. The molecule has 23 heavy (non-hydrogen) atoms. The molecule has 1 aliphatic rings. The fourth-order valence-electron chi connectivity index (χ4n) is 2.64. The van der Waals surface area contributed by atoms with E-state index < -0.39 is 5.92 Å². The molecule has 0 aromatic heterocycles. The zero-order valence-electron chi connectivity index (χ0n) is 12.8. The topological polar surface area (TPSA) is 55.8 Å². The molecule has 2 aromatic carbocycles. The van der Waals surface area contributed by atoms with Gasteiger partial charge in [0, 0.05) is 13.0 Å². The highest BCUT2D eigenvalue weighted by Gasteiger charge is 2.37. The van der Waals surface area contributed by atoms with Crippen LogP contribution in [-0.2, 0) is 9.59 Å².